The molecule has 0 bridgehead atoms. The van der Waals surface area contributed by atoms with Gasteiger partial charge in [0.25, 0.3) is 5.91 Å². The highest BCUT2D eigenvalue weighted by molar-refractivity contribution is 6.20. The smallest absolute Gasteiger partial charge is 0.254 e. The van der Waals surface area contributed by atoms with E-state index in [0.29, 0.717) is 23.2 Å². The van der Waals surface area contributed by atoms with E-state index in [1.807, 2.05) is 6.92 Å². The van der Waals surface area contributed by atoms with Crippen LogP contribution in [0.3, 0.4) is 0 Å². The molecule has 0 spiro atoms. The Hall–Kier alpha value is -3.87. The van der Waals surface area contributed by atoms with Gasteiger partial charge in [0.15, 0.2) is 0 Å². The van der Waals surface area contributed by atoms with Gasteiger partial charge in [-0.05, 0) is 60.0 Å². The summed E-state index contributed by atoms with van der Waals surface area (Å²) in [4.78, 5) is 40.9. The van der Waals surface area contributed by atoms with Crippen molar-refractivity contribution in [2.75, 3.05) is 4.90 Å². The lowest BCUT2D eigenvalue weighted by Crippen LogP contribution is -2.35. The first kappa shape index (κ1) is 23.3. The highest BCUT2D eigenvalue weighted by Gasteiger charge is 2.31. The Kier molecular flexibility index (Phi) is 6.82. The SMILES string of the molecule is CCC(c1ccc(F)cc1)N(Cc1cccc(F)c1)C(=O)c1cccc(N2C(=O)CCC2=O)c1. The molecule has 174 valence electrons. The third kappa shape index (κ3) is 4.88. The van der Waals surface area contributed by atoms with Gasteiger partial charge in [-0.2, -0.15) is 0 Å². The van der Waals surface area contributed by atoms with Crippen LogP contribution < -0.4 is 4.90 Å². The first-order valence-corrected chi connectivity index (χ1v) is 11.1. The van der Waals surface area contributed by atoms with Crippen LogP contribution in [0, 0.1) is 11.6 Å². The molecule has 1 unspecified atom stereocenters. The van der Waals surface area contributed by atoms with E-state index in [1.54, 1.807) is 47.4 Å². The number of hydrogen-bond donors (Lipinski definition) is 0. The Morgan fingerprint density at radius 2 is 1.59 bits per heavy atom. The Morgan fingerprint density at radius 1 is 0.912 bits per heavy atom. The highest BCUT2D eigenvalue weighted by atomic mass is 19.1. The second-order valence-corrected chi connectivity index (χ2v) is 8.21. The molecule has 1 aliphatic heterocycles. The number of anilines is 1. The number of rotatable bonds is 7. The molecule has 3 aromatic rings. The largest absolute Gasteiger partial charge is 0.327 e. The maximum atomic E-state index is 13.9. The van der Waals surface area contributed by atoms with Crippen molar-refractivity contribution in [2.45, 2.75) is 38.8 Å². The van der Waals surface area contributed by atoms with E-state index in [4.69, 9.17) is 0 Å². The molecule has 0 saturated carbocycles. The van der Waals surface area contributed by atoms with Crippen molar-refractivity contribution >= 4 is 23.4 Å². The van der Waals surface area contributed by atoms with Gasteiger partial charge in [0.1, 0.15) is 11.6 Å². The molecule has 0 N–H and O–H groups in total. The predicted molar refractivity (Wildman–Crippen MR) is 124 cm³/mol. The van der Waals surface area contributed by atoms with Crippen molar-refractivity contribution in [1.29, 1.82) is 0 Å². The van der Waals surface area contributed by atoms with Crippen molar-refractivity contribution in [3.8, 4) is 0 Å². The maximum absolute atomic E-state index is 13.9. The summed E-state index contributed by atoms with van der Waals surface area (Å²) in [5, 5.41) is 0. The average Bonchev–Trinajstić information content (AvgIpc) is 3.17. The van der Waals surface area contributed by atoms with Crippen molar-refractivity contribution in [3.05, 3.63) is 101 Å². The first-order valence-electron chi connectivity index (χ1n) is 11.1. The Balaban J connectivity index is 1.72. The minimum atomic E-state index is -0.409. The third-order valence-corrected chi connectivity index (χ3v) is 5.92. The molecular formula is C27H24F2N2O3. The lowest BCUT2D eigenvalue weighted by atomic mass is 10.00. The molecule has 7 heteroatoms. The van der Waals surface area contributed by atoms with Crippen LogP contribution in [0.4, 0.5) is 14.5 Å². The zero-order valence-electron chi connectivity index (χ0n) is 18.7. The highest BCUT2D eigenvalue weighted by Crippen LogP contribution is 2.30. The minimum absolute atomic E-state index is 0.123. The Labute approximate surface area is 196 Å². The molecule has 1 saturated heterocycles. The topological polar surface area (TPSA) is 57.7 Å². The van der Waals surface area contributed by atoms with Gasteiger partial charge >= 0.3 is 0 Å². The van der Waals surface area contributed by atoms with E-state index in [1.165, 1.54) is 30.3 Å². The summed E-state index contributed by atoms with van der Waals surface area (Å²) in [5.74, 6) is -1.74. The summed E-state index contributed by atoms with van der Waals surface area (Å²) < 4.78 is 27.4. The summed E-state index contributed by atoms with van der Waals surface area (Å²) >= 11 is 0. The third-order valence-electron chi connectivity index (χ3n) is 5.92. The molecular weight excluding hydrogens is 438 g/mol. The Morgan fingerprint density at radius 3 is 2.24 bits per heavy atom. The van der Waals surface area contributed by atoms with E-state index in [9.17, 15) is 23.2 Å². The summed E-state index contributed by atoms with van der Waals surface area (Å²) in [6.07, 6.45) is 0.825. The second kappa shape index (κ2) is 9.95. The quantitative estimate of drug-likeness (QED) is 0.441. The van der Waals surface area contributed by atoms with Gasteiger partial charge in [0, 0.05) is 24.9 Å². The number of halogens is 2. The van der Waals surface area contributed by atoms with Crippen LogP contribution >= 0.6 is 0 Å². The zero-order valence-corrected chi connectivity index (χ0v) is 18.7. The summed E-state index contributed by atoms with van der Waals surface area (Å²) in [5.41, 5.74) is 1.99. The summed E-state index contributed by atoms with van der Waals surface area (Å²) in [6, 6.07) is 17.9. The van der Waals surface area contributed by atoms with E-state index in [2.05, 4.69) is 0 Å². The average molecular weight is 462 g/mol. The van der Waals surface area contributed by atoms with Gasteiger partial charge in [-0.15, -0.1) is 0 Å². The molecule has 1 aliphatic rings. The van der Waals surface area contributed by atoms with E-state index < -0.39 is 11.9 Å². The van der Waals surface area contributed by atoms with E-state index >= 15 is 0 Å². The number of imide groups is 1. The molecule has 0 aromatic heterocycles. The normalized spacial score (nSPS) is 14.4. The number of benzene rings is 3. The molecule has 3 amide bonds. The van der Waals surface area contributed by atoms with Crippen molar-refractivity contribution in [3.63, 3.8) is 0 Å². The van der Waals surface area contributed by atoms with Gasteiger partial charge in [-0.25, -0.2) is 8.78 Å². The van der Waals surface area contributed by atoms with Crippen molar-refractivity contribution in [1.82, 2.24) is 4.90 Å². The second-order valence-electron chi connectivity index (χ2n) is 8.21. The molecule has 34 heavy (non-hydrogen) atoms. The predicted octanol–water partition coefficient (Wildman–Crippen LogP) is 5.41. The number of carbonyl (C=O) groups excluding carboxylic acids is 3. The number of nitrogens with zero attached hydrogens (tertiary/aromatic N) is 2. The van der Waals surface area contributed by atoms with Crippen molar-refractivity contribution in [2.24, 2.45) is 0 Å². The van der Waals surface area contributed by atoms with E-state index in [0.717, 1.165) is 10.5 Å². The van der Waals surface area contributed by atoms with Crippen LogP contribution in [-0.2, 0) is 16.1 Å². The summed E-state index contributed by atoms with van der Waals surface area (Å²) in [7, 11) is 0. The fourth-order valence-electron chi connectivity index (χ4n) is 4.28. The molecule has 3 aromatic carbocycles. The Bertz CT molecular complexity index is 1210. The van der Waals surface area contributed by atoms with Crippen LogP contribution in [0.25, 0.3) is 0 Å². The fourth-order valence-corrected chi connectivity index (χ4v) is 4.28. The van der Waals surface area contributed by atoms with Crippen LogP contribution in [0.1, 0.15) is 53.7 Å². The number of carbonyl (C=O) groups is 3. The van der Waals surface area contributed by atoms with Gasteiger partial charge < -0.3 is 4.90 Å². The van der Waals surface area contributed by atoms with Crippen LogP contribution in [0.2, 0.25) is 0 Å². The minimum Gasteiger partial charge on any atom is -0.327 e. The van der Waals surface area contributed by atoms with Gasteiger partial charge in [-0.1, -0.05) is 37.3 Å². The molecule has 1 atom stereocenters. The molecule has 1 fully saturated rings. The van der Waals surface area contributed by atoms with Crippen LogP contribution in [0.5, 0.6) is 0 Å². The monoisotopic (exact) mass is 462 g/mol. The fraction of sp³-hybridized carbons (Fsp3) is 0.222. The number of hydrogen-bond acceptors (Lipinski definition) is 3. The molecule has 0 aliphatic carbocycles. The lowest BCUT2D eigenvalue weighted by Gasteiger charge is -2.32. The van der Waals surface area contributed by atoms with Gasteiger partial charge in [0.2, 0.25) is 11.8 Å². The van der Waals surface area contributed by atoms with Crippen LogP contribution in [0.15, 0.2) is 72.8 Å². The summed E-state index contributed by atoms with van der Waals surface area (Å²) in [6.45, 7) is 2.04. The van der Waals surface area contributed by atoms with Gasteiger partial charge in [-0.3, -0.25) is 19.3 Å². The molecule has 1 heterocycles. The zero-order chi connectivity index (χ0) is 24.2. The maximum Gasteiger partial charge on any atom is 0.254 e. The van der Waals surface area contributed by atoms with Crippen LogP contribution in [-0.4, -0.2) is 22.6 Å². The molecule has 5 nitrogen and oxygen atoms in total. The van der Waals surface area contributed by atoms with Crippen molar-refractivity contribution < 1.29 is 23.2 Å². The molecule has 0 radical (unpaired) electrons. The number of amides is 3. The standard InChI is InChI=1S/C27H24F2N2O3/c1-2-24(19-9-11-21(28)12-10-19)30(17-18-5-3-7-22(29)15-18)27(34)20-6-4-8-23(16-20)31-25(32)13-14-26(31)33/h3-12,15-16,24H,2,13-14,17H2,1H3. The molecule has 4 rings (SSSR count). The van der Waals surface area contributed by atoms with Gasteiger partial charge in [0.05, 0.1) is 11.7 Å². The van der Waals surface area contributed by atoms with E-state index in [-0.39, 0.29) is 42.9 Å². The first-order chi connectivity index (χ1) is 16.4. The lowest BCUT2D eigenvalue weighted by molar-refractivity contribution is -0.121.